The fraction of sp³-hybridized carbons (Fsp3) is 0.556. The van der Waals surface area contributed by atoms with Crippen LogP contribution in [0.2, 0.25) is 0 Å². The lowest BCUT2D eigenvalue weighted by Gasteiger charge is -2.10. The van der Waals surface area contributed by atoms with Crippen LogP contribution in [0, 0.1) is 6.92 Å². The first-order valence-electron chi connectivity index (χ1n) is 4.45. The van der Waals surface area contributed by atoms with Gasteiger partial charge in [-0.15, -0.1) is 0 Å². The van der Waals surface area contributed by atoms with Gasteiger partial charge in [0.15, 0.2) is 0 Å². The summed E-state index contributed by atoms with van der Waals surface area (Å²) in [6, 6.07) is 1.80. The van der Waals surface area contributed by atoms with E-state index in [2.05, 4.69) is 15.3 Å². The summed E-state index contributed by atoms with van der Waals surface area (Å²) in [6.07, 6.45) is 3.41. The van der Waals surface area contributed by atoms with Crippen LogP contribution < -0.4 is 5.32 Å². The van der Waals surface area contributed by atoms with Crippen molar-refractivity contribution in [3.63, 3.8) is 0 Å². The first-order valence-corrected chi connectivity index (χ1v) is 6.07. The maximum Gasteiger partial charge on any atom is 0.129 e. The van der Waals surface area contributed by atoms with E-state index in [1.54, 1.807) is 18.5 Å². The summed E-state index contributed by atoms with van der Waals surface area (Å²) in [7, 11) is -0.795. The third-order valence-corrected chi connectivity index (χ3v) is 3.21. The van der Waals surface area contributed by atoms with Crippen molar-refractivity contribution in [2.75, 3.05) is 18.1 Å². The zero-order valence-electron chi connectivity index (χ0n) is 8.65. The Hall–Kier alpha value is -0.970. The van der Waals surface area contributed by atoms with Gasteiger partial charge in [-0.05, 0) is 19.9 Å². The first-order chi connectivity index (χ1) is 6.59. The van der Waals surface area contributed by atoms with Crippen molar-refractivity contribution >= 4 is 16.6 Å². The fourth-order valence-electron chi connectivity index (χ4n) is 0.920. The SMILES string of the molecule is Cc1nccc(NCC(C)S(C)=O)n1. The Morgan fingerprint density at radius 3 is 2.93 bits per heavy atom. The van der Waals surface area contributed by atoms with E-state index in [1.165, 1.54) is 0 Å². The summed E-state index contributed by atoms with van der Waals surface area (Å²) in [4.78, 5) is 8.17. The van der Waals surface area contributed by atoms with Crippen molar-refractivity contribution in [3.05, 3.63) is 18.1 Å². The van der Waals surface area contributed by atoms with Gasteiger partial charge in [-0.1, -0.05) is 0 Å². The third-order valence-electron chi connectivity index (χ3n) is 1.91. The molecule has 5 heteroatoms. The highest BCUT2D eigenvalue weighted by molar-refractivity contribution is 7.84. The molecule has 0 saturated heterocycles. The van der Waals surface area contributed by atoms with Gasteiger partial charge in [0.1, 0.15) is 11.6 Å². The summed E-state index contributed by atoms with van der Waals surface area (Å²) < 4.78 is 11.1. The van der Waals surface area contributed by atoms with Gasteiger partial charge < -0.3 is 5.32 Å². The molecule has 0 amide bonds. The Balaban J connectivity index is 2.49. The van der Waals surface area contributed by atoms with Gasteiger partial charge in [0.25, 0.3) is 0 Å². The fourth-order valence-corrected chi connectivity index (χ4v) is 1.24. The molecule has 1 aromatic rings. The van der Waals surface area contributed by atoms with E-state index in [-0.39, 0.29) is 5.25 Å². The van der Waals surface area contributed by atoms with Crippen LogP contribution in [-0.2, 0) is 10.8 Å². The summed E-state index contributed by atoms with van der Waals surface area (Å²) in [5.41, 5.74) is 0. The second kappa shape index (κ2) is 5.05. The minimum atomic E-state index is -0.795. The van der Waals surface area contributed by atoms with Gasteiger partial charge in [0.2, 0.25) is 0 Å². The van der Waals surface area contributed by atoms with Gasteiger partial charge in [0.05, 0.1) is 0 Å². The molecule has 4 nitrogen and oxygen atoms in total. The molecule has 1 N–H and O–H groups in total. The van der Waals surface area contributed by atoms with E-state index in [4.69, 9.17) is 0 Å². The van der Waals surface area contributed by atoms with Crippen LogP contribution in [0.4, 0.5) is 5.82 Å². The number of hydrogen-bond donors (Lipinski definition) is 1. The van der Waals surface area contributed by atoms with Gasteiger partial charge in [-0.2, -0.15) is 0 Å². The molecular formula is C9H15N3OS. The van der Waals surface area contributed by atoms with Crippen LogP contribution in [0.5, 0.6) is 0 Å². The van der Waals surface area contributed by atoms with Crippen LogP contribution in [0.25, 0.3) is 0 Å². The first kappa shape index (κ1) is 11.1. The van der Waals surface area contributed by atoms with Crippen LogP contribution in [0.15, 0.2) is 12.3 Å². The maximum absolute atomic E-state index is 11.1. The van der Waals surface area contributed by atoms with Crippen LogP contribution in [-0.4, -0.2) is 32.2 Å². The lowest BCUT2D eigenvalue weighted by molar-refractivity contribution is 0.678. The van der Waals surface area contributed by atoms with Crippen molar-refractivity contribution in [2.45, 2.75) is 19.1 Å². The quantitative estimate of drug-likeness (QED) is 0.809. The zero-order valence-corrected chi connectivity index (χ0v) is 9.47. The number of nitrogens with zero attached hydrogens (tertiary/aromatic N) is 2. The Labute approximate surface area is 86.6 Å². The summed E-state index contributed by atoms with van der Waals surface area (Å²) >= 11 is 0. The topological polar surface area (TPSA) is 54.9 Å². The smallest absolute Gasteiger partial charge is 0.129 e. The molecule has 78 valence electrons. The highest BCUT2D eigenvalue weighted by Crippen LogP contribution is 2.02. The number of rotatable bonds is 4. The average Bonchev–Trinajstić information content (AvgIpc) is 2.14. The molecule has 0 radical (unpaired) electrons. The molecule has 0 aliphatic carbocycles. The second-order valence-electron chi connectivity index (χ2n) is 3.18. The van der Waals surface area contributed by atoms with Crippen molar-refractivity contribution in [3.8, 4) is 0 Å². The molecule has 2 unspecified atom stereocenters. The van der Waals surface area contributed by atoms with Crippen LogP contribution in [0.3, 0.4) is 0 Å². The average molecular weight is 213 g/mol. The van der Waals surface area contributed by atoms with Crippen molar-refractivity contribution in [2.24, 2.45) is 0 Å². The van der Waals surface area contributed by atoms with E-state index in [0.717, 1.165) is 11.6 Å². The zero-order chi connectivity index (χ0) is 10.6. The predicted octanol–water partition coefficient (Wildman–Crippen LogP) is 0.964. The number of nitrogens with one attached hydrogen (secondary N) is 1. The second-order valence-corrected chi connectivity index (χ2v) is 4.98. The van der Waals surface area contributed by atoms with Crippen molar-refractivity contribution in [1.29, 1.82) is 0 Å². The third kappa shape index (κ3) is 3.41. The monoisotopic (exact) mass is 213 g/mol. The molecular weight excluding hydrogens is 198 g/mol. The molecule has 1 heterocycles. The number of aromatic nitrogens is 2. The molecule has 1 aromatic heterocycles. The molecule has 0 spiro atoms. The van der Waals surface area contributed by atoms with Crippen molar-refractivity contribution in [1.82, 2.24) is 9.97 Å². The molecule has 0 fully saturated rings. The molecule has 0 aromatic carbocycles. The predicted molar refractivity (Wildman–Crippen MR) is 58.8 cm³/mol. The Morgan fingerprint density at radius 1 is 1.64 bits per heavy atom. The molecule has 0 saturated carbocycles. The molecule has 1 rings (SSSR count). The van der Waals surface area contributed by atoms with Crippen LogP contribution >= 0.6 is 0 Å². The lowest BCUT2D eigenvalue weighted by Crippen LogP contribution is -2.21. The van der Waals surface area contributed by atoms with E-state index >= 15 is 0 Å². The number of aryl methyl sites for hydroxylation is 1. The number of hydrogen-bond acceptors (Lipinski definition) is 4. The van der Waals surface area contributed by atoms with Gasteiger partial charge >= 0.3 is 0 Å². The van der Waals surface area contributed by atoms with E-state index in [1.807, 2.05) is 13.8 Å². The molecule has 0 bridgehead atoms. The molecule has 14 heavy (non-hydrogen) atoms. The Bertz CT molecular complexity index is 330. The van der Waals surface area contributed by atoms with Gasteiger partial charge in [0, 0.05) is 35.0 Å². The Kier molecular flexibility index (Phi) is 4.00. The van der Waals surface area contributed by atoms with Crippen LogP contribution in [0.1, 0.15) is 12.7 Å². The molecule has 0 aliphatic heterocycles. The molecule has 2 atom stereocenters. The van der Waals surface area contributed by atoms with Gasteiger partial charge in [-0.3, -0.25) is 4.21 Å². The highest BCUT2D eigenvalue weighted by Gasteiger charge is 2.05. The summed E-state index contributed by atoms with van der Waals surface area (Å²) in [5.74, 6) is 1.52. The lowest BCUT2D eigenvalue weighted by atomic mass is 10.4. The largest absolute Gasteiger partial charge is 0.369 e. The Morgan fingerprint density at radius 2 is 2.36 bits per heavy atom. The number of anilines is 1. The summed E-state index contributed by atoms with van der Waals surface area (Å²) in [5, 5.41) is 3.25. The van der Waals surface area contributed by atoms with E-state index in [0.29, 0.717) is 6.54 Å². The highest BCUT2D eigenvalue weighted by atomic mass is 32.2. The van der Waals surface area contributed by atoms with E-state index in [9.17, 15) is 4.21 Å². The maximum atomic E-state index is 11.1. The minimum Gasteiger partial charge on any atom is -0.369 e. The summed E-state index contributed by atoms with van der Waals surface area (Å²) in [6.45, 7) is 4.45. The van der Waals surface area contributed by atoms with E-state index < -0.39 is 10.8 Å². The molecule has 0 aliphatic rings. The minimum absolute atomic E-state index is 0.130. The standard InChI is InChI=1S/C9H15N3OS/c1-7(14(3)13)6-11-9-4-5-10-8(2)12-9/h4-5,7H,6H2,1-3H3,(H,10,11,12). The van der Waals surface area contributed by atoms with Gasteiger partial charge in [-0.25, -0.2) is 9.97 Å². The van der Waals surface area contributed by atoms with Crippen molar-refractivity contribution < 1.29 is 4.21 Å². The normalized spacial score (nSPS) is 14.8.